The second kappa shape index (κ2) is 8.80. The molecule has 0 saturated carbocycles. The molecule has 0 spiro atoms. The van der Waals surface area contributed by atoms with E-state index in [1.54, 1.807) is 16.7 Å². The smallest absolute Gasteiger partial charge is 0.234 e. The van der Waals surface area contributed by atoms with Crippen LogP contribution in [-0.4, -0.2) is 32.0 Å². The zero-order chi connectivity index (χ0) is 18.5. The van der Waals surface area contributed by atoms with Gasteiger partial charge in [-0.05, 0) is 24.0 Å². The largest absolute Gasteiger partial charge is 0.388 e. The Morgan fingerprint density at radius 1 is 1.19 bits per heavy atom. The van der Waals surface area contributed by atoms with E-state index in [0.717, 1.165) is 17.7 Å². The number of benzene rings is 2. The average molecular weight is 386 g/mol. The normalized spacial score (nSPS) is 19.4. The van der Waals surface area contributed by atoms with Crippen molar-refractivity contribution in [3.8, 4) is 0 Å². The van der Waals surface area contributed by atoms with Crippen molar-refractivity contribution in [2.75, 3.05) is 5.75 Å². The summed E-state index contributed by atoms with van der Waals surface area (Å²) in [5.74, 6) is 0.240. The summed E-state index contributed by atoms with van der Waals surface area (Å²) in [5, 5.41) is 10.8. The van der Waals surface area contributed by atoms with Crippen LogP contribution in [-0.2, 0) is 11.2 Å². The highest BCUT2D eigenvalue weighted by atomic mass is 32.2. The molecule has 0 unspecified atom stereocenters. The summed E-state index contributed by atoms with van der Waals surface area (Å²) in [6, 6.07) is 19.6. The Kier molecular flexibility index (Phi) is 6.46. The first kappa shape index (κ1) is 19.1. The Morgan fingerprint density at radius 2 is 1.81 bits per heavy atom. The first-order valence-corrected chi connectivity index (χ1v) is 10.3. The van der Waals surface area contributed by atoms with Gasteiger partial charge in [0.05, 0.1) is 18.1 Å². The van der Waals surface area contributed by atoms with Gasteiger partial charge in [-0.3, -0.25) is 9.69 Å². The molecule has 1 N–H and O–H groups in total. The lowest BCUT2D eigenvalue weighted by molar-refractivity contribution is -0.136. The van der Waals surface area contributed by atoms with E-state index < -0.39 is 12.0 Å². The summed E-state index contributed by atoms with van der Waals surface area (Å²) in [6.45, 7) is 1.94. The highest BCUT2D eigenvalue weighted by Crippen LogP contribution is 2.33. The number of hydrogen-bond acceptors (Lipinski definition) is 4. The SMILES string of the molecule is CC[C@H](C(=O)N1C(=S)SC[C@@H]1Cc1ccccc1)[C@@H](O)c1ccccc1. The zero-order valence-electron chi connectivity index (χ0n) is 14.7. The number of aliphatic hydroxyl groups is 1. The van der Waals surface area contributed by atoms with E-state index in [1.807, 2.05) is 55.5 Å². The van der Waals surface area contributed by atoms with Gasteiger partial charge in [0.2, 0.25) is 5.91 Å². The van der Waals surface area contributed by atoms with Gasteiger partial charge in [-0.15, -0.1) is 0 Å². The van der Waals surface area contributed by atoms with Crippen LogP contribution in [0.1, 0.15) is 30.6 Å². The lowest BCUT2D eigenvalue weighted by Gasteiger charge is -2.30. The fourth-order valence-electron chi connectivity index (χ4n) is 3.36. The zero-order valence-corrected chi connectivity index (χ0v) is 16.4. The van der Waals surface area contributed by atoms with Crippen LogP contribution in [0, 0.1) is 5.92 Å². The predicted molar refractivity (Wildman–Crippen MR) is 111 cm³/mol. The van der Waals surface area contributed by atoms with Crippen molar-refractivity contribution in [2.45, 2.75) is 31.9 Å². The minimum atomic E-state index is -0.820. The van der Waals surface area contributed by atoms with Crippen molar-refractivity contribution >= 4 is 34.2 Å². The van der Waals surface area contributed by atoms with Crippen LogP contribution in [0.3, 0.4) is 0 Å². The summed E-state index contributed by atoms with van der Waals surface area (Å²) in [5.41, 5.74) is 1.96. The molecular formula is C21H23NO2S2. The third-order valence-electron chi connectivity index (χ3n) is 4.79. The summed E-state index contributed by atoms with van der Waals surface area (Å²) < 4.78 is 0.620. The quantitative estimate of drug-likeness (QED) is 0.756. The van der Waals surface area contributed by atoms with E-state index >= 15 is 0 Å². The Bertz CT molecular complexity index is 751. The van der Waals surface area contributed by atoms with Crippen molar-refractivity contribution in [1.82, 2.24) is 4.90 Å². The second-order valence-corrected chi connectivity index (χ2v) is 8.15. The molecule has 0 bridgehead atoms. The number of nitrogens with zero attached hydrogens (tertiary/aromatic N) is 1. The van der Waals surface area contributed by atoms with Crippen LogP contribution < -0.4 is 0 Å². The molecule has 1 aliphatic rings. The Labute approximate surface area is 164 Å². The number of thiocarbonyl (C=S) groups is 1. The van der Waals surface area contributed by atoms with Crippen molar-refractivity contribution in [1.29, 1.82) is 0 Å². The van der Waals surface area contributed by atoms with Gasteiger partial charge in [0.15, 0.2) is 0 Å². The first-order chi connectivity index (χ1) is 12.6. The minimum Gasteiger partial charge on any atom is -0.388 e. The van der Waals surface area contributed by atoms with Gasteiger partial charge in [-0.25, -0.2) is 0 Å². The predicted octanol–water partition coefficient (Wildman–Crippen LogP) is 4.22. The third kappa shape index (κ3) is 4.17. The maximum Gasteiger partial charge on any atom is 0.234 e. The van der Waals surface area contributed by atoms with Gasteiger partial charge in [0.25, 0.3) is 0 Å². The van der Waals surface area contributed by atoms with E-state index in [1.165, 1.54) is 5.56 Å². The van der Waals surface area contributed by atoms with E-state index in [4.69, 9.17) is 12.2 Å². The molecule has 2 aromatic carbocycles. The van der Waals surface area contributed by atoms with Crippen LogP contribution in [0.5, 0.6) is 0 Å². The summed E-state index contributed by atoms with van der Waals surface area (Å²) in [6.07, 6.45) is 0.522. The molecule has 0 aromatic heterocycles. The maximum absolute atomic E-state index is 13.3. The second-order valence-electron chi connectivity index (χ2n) is 6.50. The number of thioether (sulfide) groups is 1. The summed E-state index contributed by atoms with van der Waals surface area (Å²) >= 11 is 7.02. The number of aliphatic hydroxyl groups excluding tert-OH is 1. The van der Waals surface area contributed by atoms with Crippen molar-refractivity contribution in [3.05, 3.63) is 71.8 Å². The highest BCUT2D eigenvalue weighted by Gasteiger charge is 2.39. The fraction of sp³-hybridized carbons (Fsp3) is 0.333. The molecular weight excluding hydrogens is 362 g/mol. The topological polar surface area (TPSA) is 40.5 Å². The van der Waals surface area contributed by atoms with E-state index in [-0.39, 0.29) is 11.9 Å². The number of carbonyl (C=O) groups excluding carboxylic acids is 1. The Balaban J connectivity index is 1.79. The van der Waals surface area contributed by atoms with Crippen LogP contribution >= 0.6 is 24.0 Å². The van der Waals surface area contributed by atoms with Crippen LogP contribution in [0.2, 0.25) is 0 Å². The molecule has 3 rings (SSSR count). The van der Waals surface area contributed by atoms with Gasteiger partial charge in [0.1, 0.15) is 4.32 Å². The third-order valence-corrected chi connectivity index (χ3v) is 6.34. The number of carbonyl (C=O) groups is 1. The molecule has 1 saturated heterocycles. The summed E-state index contributed by atoms with van der Waals surface area (Å²) in [4.78, 5) is 15.0. The monoisotopic (exact) mass is 385 g/mol. The lowest BCUT2D eigenvalue weighted by Crippen LogP contribution is -2.44. The molecule has 0 radical (unpaired) electrons. The molecule has 26 heavy (non-hydrogen) atoms. The van der Waals surface area contributed by atoms with Crippen molar-refractivity contribution < 1.29 is 9.90 Å². The van der Waals surface area contributed by atoms with Gasteiger partial charge >= 0.3 is 0 Å². The molecule has 3 nitrogen and oxygen atoms in total. The minimum absolute atomic E-state index is 0.0411. The van der Waals surface area contributed by atoms with Crippen LogP contribution in [0.15, 0.2) is 60.7 Å². The molecule has 0 aliphatic carbocycles. The molecule has 1 heterocycles. The van der Waals surface area contributed by atoms with Crippen molar-refractivity contribution in [3.63, 3.8) is 0 Å². The number of hydrogen-bond donors (Lipinski definition) is 1. The van der Waals surface area contributed by atoms with Crippen LogP contribution in [0.25, 0.3) is 0 Å². The lowest BCUT2D eigenvalue weighted by atomic mass is 9.91. The van der Waals surface area contributed by atoms with Gasteiger partial charge in [-0.2, -0.15) is 0 Å². The molecule has 1 fully saturated rings. The van der Waals surface area contributed by atoms with Crippen LogP contribution in [0.4, 0.5) is 0 Å². The molecule has 1 amide bonds. The van der Waals surface area contributed by atoms with E-state index in [0.29, 0.717) is 10.7 Å². The van der Waals surface area contributed by atoms with E-state index in [9.17, 15) is 9.90 Å². The molecule has 5 heteroatoms. The average Bonchev–Trinajstić information content (AvgIpc) is 3.03. The Hall–Kier alpha value is -1.69. The van der Waals surface area contributed by atoms with Gasteiger partial charge in [0, 0.05) is 5.75 Å². The van der Waals surface area contributed by atoms with Crippen molar-refractivity contribution in [2.24, 2.45) is 5.92 Å². The number of rotatable bonds is 6. The van der Waals surface area contributed by atoms with Gasteiger partial charge in [-0.1, -0.05) is 91.6 Å². The Morgan fingerprint density at radius 3 is 2.42 bits per heavy atom. The maximum atomic E-state index is 13.3. The number of amides is 1. The standard InChI is InChI=1S/C21H23NO2S2/c1-2-18(19(23)16-11-7-4-8-12-16)20(24)22-17(14-26-21(22)25)13-15-9-5-3-6-10-15/h3-12,17-19,23H,2,13-14H2,1H3/t17-,18-,19-/m0/s1. The summed E-state index contributed by atoms with van der Waals surface area (Å²) in [7, 11) is 0. The molecule has 136 valence electrons. The fourth-order valence-corrected chi connectivity index (χ4v) is 4.78. The van der Waals surface area contributed by atoms with Gasteiger partial charge < -0.3 is 5.11 Å². The molecule has 1 aliphatic heterocycles. The molecule has 2 aromatic rings. The highest BCUT2D eigenvalue weighted by molar-refractivity contribution is 8.23. The molecule has 3 atom stereocenters. The van der Waals surface area contributed by atoms with E-state index in [2.05, 4.69) is 12.1 Å². The first-order valence-electron chi connectivity index (χ1n) is 8.88.